The van der Waals surface area contributed by atoms with Crippen molar-refractivity contribution < 1.29 is 22.7 Å². The largest absolute Gasteiger partial charge is 0.453 e. The molecule has 170 valence electrons. The van der Waals surface area contributed by atoms with E-state index in [-0.39, 0.29) is 18.1 Å². The first-order chi connectivity index (χ1) is 15.2. The minimum Gasteiger partial charge on any atom is -0.378 e. The van der Waals surface area contributed by atoms with Gasteiger partial charge < -0.3 is 15.0 Å². The van der Waals surface area contributed by atoms with Crippen molar-refractivity contribution in [1.29, 1.82) is 0 Å². The zero-order valence-electron chi connectivity index (χ0n) is 17.7. The third-order valence-corrected chi connectivity index (χ3v) is 5.41. The number of alkyl halides is 3. The summed E-state index contributed by atoms with van der Waals surface area (Å²) < 4.78 is 45.3. The highest BCUT2D eigenvalue weighted by Gasteiger charge is 2.37. The molecule has 2 aromatic heterocycles. The first-order valence-electron chi connectivity index (χ1n) is 10.2. The quantitative estimate of drug-likeness (QED) is 0.646. The number of rotatable bonds is 5. The summed E-state index contributed by atoms with van der Waals surface area (Å²) in [5.41, 5.74) is 3.38. The van der Waals surface area contributed by atoms with E-state index in [4.69, 9.17) is 4.74 Å². The van der Waals surface area contributed by atoms with Crippen molar-refractivity contribution in [3.8, 4) is 0 Å². The normalized spacial score (nSPS) is 14.7. The maximum Gasteiger partial charge on any atom is 0.453 e. The van der Waals surface area contributed by atoms with E-state index in [1.165, 1.54) is 0 Å². The molecule has 32 heavy (non-hydrogen) atoms. The average molecular weight is 448 g/mol. The van der Waals surface area contributed by atoms with Crippen molar-refractivity contribution >= 4 is 23.1 Å². The topological polar surface area (TPSA) is 84.6 Å². The molecule has 11 heteroatoms. The van der Waals surface area contributed by atoms with Gasteiger partial charge >= 0.3 is 6.18 Å². The lowest BCUT2D eigenvalue weighted by molar-refractivity contribution is -0.144. The maximum absolute atomic E-state index is 12.9. The molecule has 1 N–H and O–H groups in total. The Morgan fingerprint density at radius 2 is 1.94 bits per heavy atom. The number of nitrogens with one attached hydrogen (secondary N) is 1. The van der Waals surface area contributed by atoms with E-state index in [0.29, 0.717) is 42.3 Å². The Balaban J connectivity index is 1.45. The van der Waals surface area contributed by atoms with Gasteiger partial charge in [0, 0.05) is 42.3 Å². The van der Waals surface area contributed by atoms with Crippen molar-refractivity contribution in [2.24, 2.45) is 0 Å². The van der Waals surface area contributed by atoms with Crippen LogP contribution in [0.5, 0.6) is 0 Å². The highest BCUT2D eigenvalue weighted by molar-refractivity contribution is 5.91. The molecule has 0 radical (unpaired) electrons. The number of morpholine rings is 1. The van der Waals surface area contributed by atoms with E-state index in [1.807, 2.05) is 24.3 Å². The molecule has 0 spiro atoms. The summed E-state index contributed by atoms with van der Waals surface area (Å²) in [7, 11) is 0. The highest BCUT2D eigenvalue weighted by Crippen LogP contribution is 2.27. The predicted octanol–water partition coefficient (Wildman–Crippen LogP) is 3.17. The lowest BCUT2D eigenvalue weighted by Gasteiger charge is -2.29. The fourth-order valence-electron chi connectivity index (χ4n) is 3.75. The standard InChI is InChI=1S/C21H23F3N6O2/c1-13-17(14(2)30-20(25-13)27-19(28-30)21(22,23)24)6-7-18(31)26-15-4-3-5-16(12-15)29-8-10-32-11-9-29/h3-5,12H,6-11H2,1-2H3,(H,26,31). The zero-order valence-corrected chi connectivity index (χ0v) is 17.7. The lowest BCUT2D eigenvalue weighted by atomic mass is 10.1. The van der Waals surface area contributed by atoms with Gasteiger partial charge in [0.25, 0.3) is 11.6 Å². The van der Waals surface area contributed by atoms with Crippen LogP contribution in [-0.2, 0) is 22.1 Å². The predicted molar refractivity (Wildman–Crippen MR) is 112 cm³/mol. The van der Waals surface area contributed by atoms with Crippen molar-refractivity contribution in [1.82, 2.24) is 19.6 Å². The van der Waals surface area contributed by atoms with Crippen LogP contribution in [0, 0.1) is 13.8 Å². The number of anilines is 2. The van der Waals surface area contributed by atoms with E-state index in [1.54, 1.807) is 13.8 Å². The van der Waals surface area contributed by atoms with Gasteiger partial charge in [0.15, 0.2) is 0 Å². The maximum atomic E-state index is 12.9. The molecule has 0 aliphatic carbocycles. The molecule has 1 fully saturated rings. The van der Waals surface area contributed by atoms with Gasteiger partial charge in [-0.15, -0.1) is 5.10 Å². The fraction of sp³-hybridized carbons (Fsp3) is 0.429. The van der Waals surface area contributed by atoms with Gasteiger partial charge in [-0.2, -0.15) is 18.2 Å². The Kier molecular flexibility index (Phi) is 6.00. The number of nitrogens with zero attached hydrogens (tertiary/aromatic N) is 5. The number of ether oxygens (including phenoxy) is 1. The van der Waals surface area contributed by atoms with Crippen LogP contribution < -0.4 is 10.2 Å². The number of carbonyl (C=O) groups excluding carboxylic acids is 1. The van der Waals surface area contributed by atoms with Crippen molar-refractivity contribution in [2.45, 2.75) is 32.9 Å². The first kappa shape index (κ1) is 22.0. The number of carbonyl (C=O) groups is 1. The first-order valence-corrected chi connectivity index (χ1v) is 10.2. The summed E-state index contributed by atoms with van der Waals surface area (Å²) >= 11 is 0. The molecule has 1 aliphatic rings. The lowest BCUT2D eigenvalue weighted by Crippen LogP contribution is -2.36. The molecular weight excluding hydrogens is 425 g/mol. The number of hydrogen-bond acceptors (Lipinski definition) is 6. The van der Waals surface area contributed by atoms with Gasteiger partial charge in [-0.3, -0.25) is 4.79 Å². The van der Waals surface area contributed by atoms with Crippen molar-refractivity contribution in [3.05, 3.63) is 47.0 Å². The van der Waals surface area contributed by atoms with Gasteiger partial charge in [-0.25, -0.2) is 9.50 Å². The van der Waals surface area contributed by atoms with E-state index >= 15 is 0 Å². The second-order valence-corrected chi connectivity index (χ2v) is 7.60. The Morgan fingerprint density at radius 3 is 2.66 bits per heavy atom. The number of amides is 1. The van der Waals surface area contributed by atoms with Gasteiger partial charge in [-0.1, -0.05) is 6.07 Å². The molecule has 0 saturated carbocycles. The molecular formula is C21H23F3N6O2. The molecule has 1 saturated heterocycles. The Labute approximate surface area is 182 Å². The molecule has 8 nitrogen and oxygen atoms in total. The van der Waals surface area contributed by atoms with Crippen LogP contribution in [0.3, 0.4) is 0 Å². The second-order valence-electron chi connectivity index (χ2n) is 7.60. The summed E-state index contributed by atoms with van der Waals surface area (Å²) in [6, 6.07) is 7.61. The fourth-order valence-corrected chi connectivity index (χ4v) is 3.75. The van der Waals surface area contributed by atoms with Gasteiger partial charge in [0.2, 0.25) is 5.91 Å². The van der Waals surface area contributed by atoms with Crippen LogP contribution in [0.1, 0.15) is 29.2 Å². The summed E-state index contributed by atoms with van der Waals surface area (Å²) in [5.74, 6) is -1.54. The van der Waals surface area contributed by atoms with Crippen LogP contribution in [-0.4, -0.2) is 51.8 Å². The molecule has 1 aliphatic heterocycles. The van der Waals surface area contributed by atoms with Gasteiger partial charge in [-0.05, 0) is 44.0 Å². The molecule has 0 unspecified atom stereocenters. The van der Waals surface area contributed by atoms with E-state index in [9.17, 15) is 18.0 Å². The van der Waals surface area contributed by atoms with E-state index < -0.39 is 12.0 Å². The van der Waals surface area contributed by atoms with Gasteiger partial charge in [0.05, 0.1) is 13.2 Å². The van der Waals surface area contributed by atoms with Crippen LogP contribution in [0.4, 0.5) is 24.5 Å². The molecule has 1 aromatic carbocycles. The minimum absolute atomic E-state index is 0.111. The molecule has 1 amide bonds. The number of benzene rings is 1. The average Bonchev–Trinajstić information content (AvgIpc) is 3.19. The number of hydrogen-bond donors (Lipinski definition) is 1. The number of halogens is 3. The summed E-state index contributed by atoms with van der Waals surface area (Å²) in [4.78, 5) is 22.3. The van der Waals surface area contributed by atoms with Crippen LogP contribution >= 0.6 is 0 Å². The third-order valence-electron chi connectivity index (χ3n) is 5.41. The van der Waals surface area contributed by atoms with E-state index in [0.717, 1.165) is 23.3 Å². The smallest absolute Gasteiger partial charge is 0.378 e. The Hall–Kier alpha value is -3.21. The van der Waals surface area contributed by atoms with Crippen LogP contribution in [0.15, 0.2) is 24.3 Å². The van der Waals surface area contributed by atoms with E-state index in [2.05, 4.69) is 25.3 Å². The molecule has 4 rings (SSSR count). The molecule has 3 aromatic rings. The number of aromatic nitrogens is 4. The Morgan fingerprint density at radius 1 is 1.19 bits per heavy atom. The second kappa shape index (κ2) is 8.73. The zero-order chi connectivity index (χ0) is 22.9. The molecule has 0 atom stereocenters. The van der Waals surface area contributed by atoms with Crippen LogP contribution in [0.2, 0.25) is 0 Å². The highest BCUT2D eigenvalue weighted by atomic mass is 19.4. The molecule has 0 bridgehead atoms. The minimum atomic E-state index is -4.65. The van der Waals surface area contributed by atoms with Crippen molar-refractivity contribution in [3.63, 3.8) is 0 Å². The van der Waals surface area contributed by atoms with Crippen LogP contribution in [0.25, 0.3) is 5.78 Å². The number of aryl methyl sites for hydroxylation is 2. The Bertz CT molecular complexity index is 1140. The number of fused-ring (bicyclic) bond motifs is 1. The SMILES string of the molecule is Cc1nc2nc(C(F)(F)F)nn2c(C)c1CCC(=O)Nc1cccc(N2CCOCC2)c1. The summed E-state index contributed by atoms with van der Waals surface area (Å²) in [6.45, 7) is 6.27. The summed E-state index contributed by atoms with van der Waals surface area (Å²) in [5, 5.41) is 6.43. The van der Waals surface area contributed by atoms with Gasteiger partial charge in [0.1, 0.15) is 0 Å². The third kappa shape index (κ3) is 4.67. The molecule has 3 heterocycles. The van der Waals surface area contributed by atoms with Crippen molar-refractivity contribution in [2.75, 3.05) is 36.5 Å². The monoisotopic (exact) mass is 448 g/mol. The summed E-state index contributed by atoms with van der Waals surface area (Å²) in [6.07, 6.45) is -4.18.